The normalized spacial score (nSPS) is 19.8. The van der Waals surface area contributed by atoms with Gasteiger partial charge in [-0.25, -0.2) is 4.79 Å². The zero-order chi connectivity index (χ0) is 13.8. The molecule has 0 aromatic carbocycles. The molecule has 2 rings (SSSR count). The summed E-state index contributed by atoms with van der Waals surface area (Å²) >= 11 is 4.71. The molecule has 19 heavy (non-hydrogen) atoms. The van der Waals surface area contributed by atoms with Crippen LogP contribution in [0, 0.1) is 0 Å². The Labute approximate surface area is 122 Å². The van der Waals surface area contributed by atoms with E-state index in [-0.39, 0.29) is 5.91 Å². The van der Waals surface area contributed by atoms with E-state index in [1.165, 1.54) is 17.1 Å². The predicted molar refractivity (Wildman–Crippen MR) is 75.9 cm³/mol. The smallest absolute Gasteiger partial charge is 0.327 e. The fraction of sp³-hybridized carbons (Fsp3) is 0.333. The molecule has 0 spiro atoms. The predicted octanol–water partition coefficient (Wildman–Crippen LogP) is 2.08. The summed E-state index contributed by atoms with van der Waals surface area (Å²) in [7, 11) is 0. The Morgan fingerprint density at radius 2 is 2.32 bits per heavy atom. The summed E-state index contributed by atoms with van der Waals surface area (Å²) in [4.78, 5) is 24.5. The lowest BCUT2D eigenvalue weighted by atomic mass is 10.2. The van der Waals surface area contributed by atoms with Crippen molar-refractivity contribution in [2.24, 2.45) is 0 Å². The first kappa shape index (κ1) is 14.2. The molecule has 0 bridgehead atoms. The van der Waals surface area contributed by atoms with Gasteiger partial charge < -0.3 is 14.4 Å². The van der Waals surface area contributed by atoms with E-state index in [2.05, 4.69) is 15.9 Å². The SMILES string of the molecule is O=C(O)C1CSCCN1C(=O)/C=C/c1ccc(Br)o1. The average Bonchev–Trinajstić information content (AvgIpc) is 2.81. The van der Waals surface area contributed by atoms with Crippen molar-refractivity contribution in [1.82, 2.24) is 4.90 Å². The molecule has 102 valence electrons. The summed E-state index contributed by atoms with van der Waals surface area (Å²) in [6.07, 6.45) is 2.88. The van der Waals surface area contributed by atoms with Gasteiger partial charge in [-0.05, 0) is 34.1 Å². The molecule has 0 aliphatic carbocycles. The topological polar surface area (TPSA) is 70.8 Å². The Morgan fingerprint density at radius 3 is 2.95 bits per heavy atom. The van der Waals surface area contributed by atoms with Gasteiger partial charge in [0.05, 0.1) is 0 Å². The molecule has 1 unspecified atom stereocenters. The number of rotatable bonds is 3. The third-order valence-electron chi connectivity index (χ3n) is 2.68. The van der Waals surface area contributed by atoms with Crippen molar-refractivity contribution < 1.29 is 19.1 Å². The fourth-order valence-corrected chi connectivity index (χ4v) is 3.10. The maximum Gasteiger partial charge on any atom is 0.327 e. The van der Waals surface area contributed by atoms with Crippen LogP contribution in [0.25, 0.3) is 6.08 Å². The molecule has 0 saturated carbocycles. The number of carboxylic acids is 1. The Kier molecular flexibility index (Phi) is 4.71. The largest absolute Gasteiger partial charge is 0.480 e. The molecule has 1 N–H and O–H groups in total. The average molecular weight is 346 g/mol. The molecule has 1 aromatic rings. The van der Waals surface area contributed by atoms with Gasteiger partial charge in [-0.15, -0.1) is 0 Å². The maximum atomic E-state index is 12.0. The van der Waals surface area contributed by atoms with Crippen molar-refractivity contribution in [2.75, 3.05) is 18.1 Å². The zero-order valence-electron chi connectivity index (χ0n) is 9.91. The first-order valence-electron chi connectivity index (χ1n) is 5.62. The minimum absolute atomic E-state index is 0.305. The molecule has 1 saturated heterocycles. The van der Waals surface area contributed by atoms with E-state index in [0.717, 1.165) is 5.75 Å². The van der Waals surface area contributed by atoms with Crippen LogP contribution < -0.4 is 0 Å². The number of thioether (sulfide) groups is 1. The van der Waals surface area contributed by atoms with Crippen molar-refractivity contribution >= 4 is 45.6 Å². The first-order chi connectivity index (χ1) is 9.08. The van der Waals surface area contributed by atoms with Gasteiger partial charge in [0.2, 0.25) is 5.91 Å². The standard InChI is InChI=1S/C12H12BrNO4S/c13-10-3-1-8(18-10)2-4-11(15)14-5-6-19-7-9(14)12(16)17/h1-4,9H,5-7H2,(H,16,17)/b4-2+. The zero-order valence-corrected chi connectivity index (χ0v) is 12.3. The molecule has 1 aromatic heterocycles. The lowest BCUT2D eigenvalue weighted by Gasteiger charge is -2.31. The van der Waals surface area contributed by atoms with Crippen LogP contribution in [-0.4, -0.2) is 46.0 Å². The van der Waals surface area contributed by atoms with Crippen LogP contribution in [0.4, 0.5) is 0 Å². The van der Waals surface area contributed by atoms with Gasteiger partial charge in [0, 0.05) is 24.1 Å². The van der Waals surface area contributed by atoms with Crippen molar-refractivity contribution in [3.63, 3.8) is 0 Å². The van der Waals surface area contributed by atoms with E-state index < -0.39 is 12.0 Å². The highest BCUT2D eigenvalue weighted by Crippen LogP contribution is 2.18. The van der Waals surface area contributed by atoms with E-state index in [4.69, 9.17) is 9.52 Å². The summed E-state index contributed by atoms with van der Waals surface area (Å²) in [5.74, 6) is 0.463. The van der Waals surface area contributed by atoms with Crippen LogP contribution in [0.5, 0.6) is 0 Å². The number of carbonyl (C=O) groups is 2. The second-order valence-electron chi connectivity index (χ2n) is 3.94. The second kappa shape index (κ2) is 6.29. The summed E-state index contributed by atoms with van der Waals surface area (Å²) in [6.45, 7) is 0.451. The van der Waals surface area contributed by atoms with Crippen LogP contribution in [0.2, 0.25) is 0 Å². The Balaban J connectivity index is 2.05. The fourth-order valence-electron chi connectivity index (χ4n) is 1.74. The van der Waals surface area contributed by atoms with Gasteiger partial charge in [-0.1, -0.05) is 0 Å². The minimum atomic E-state index is -0.963. The number of carboxylic acid groups (broad SMARTS) is 1. The van der Waals surface area contributed by atoms with Crippen molar-refractivity contribution in [1.29, 1.82) is 0 Å². The van der Waals surface area contributed by atoms with E-state index in [1.54, 1.807) is 23.9 Å². The molecule has 1 fully saturated rings. The molecule has 1 atom stereocenters. The van der Waals surface area contributed by atoms with Gasteiger partial charge >= 0.3 is 5.97 Å². The van der Waals surface area contributed by atoms with E-state index >= 15 is 0 Å². The number of furan rings is 1. The third kappa shape index (κ3) is 3.63. The summed E-state index contributed by atoms with van der Waals surface area (Å²) in [6, 6.07) is 2.69. The molecule has 1 aliphatic rings. The highest BCUT2D eigenvalue weighted by Gasteiger charge is 2.31. The highest BCUT2D eigenvalue weighted by atomic mass is 79.9. The molecule has 1 amide bonds. The monoisotopic (exact) mass is 345 g/mol. The number of nitrogens with zero attached hydrogens (tertiary/aromatic N) is 1. The molecule has 5 nitrogen and oxygen atoms in total. The van der Waals surface area contributed by atoms with Gasteiger partial charge in [-0.3, -0.25) is 4.79 Å². The minimum Gasteiger partial charge on any atom is -0.480 e. The Bertz CT molecular complexity index is 514. The molecular formula is C12H12BrNO4S. The molecular weight excluding hydrogens is 334 g/mol. The number of hydrogen-bond donors (Lipinski definition) is 1. The lowest BCUT2D eigenvalue weighted by molar-refractivity contribution is -0.147. The summed E-state index contributed by atoms with van der Waals surface area (Å²) < 4.78 is 5.82. The van der Waals surface area contributed by atoms with Gasteiger partial charge in [0.15, 0.2) is 4.67 Å². The van der Waals surface area contributed by atoms with Crippen molar-refractivity contribution in [3.8, 4) is 0 Å². The van der Waals surface area contributed by atoms with E-state index in [1.807, 2.05) is 0 Å². The van der Waals surface area contributed by atoms with Crippen LogP contribution in [0.1, 0.15) is 5.76 Å². The Morgan fingerprint density at radius 1 is 1.53 bits per heavy atom. The van der Waals surface area contributed by atoms with Gasteiger partial charge in [-0.2, -0.15) is 11.8 Å². The molecule has 1 aliphatic heterocycles. The lowest BCUT2D eigenvalue weighted by Crippen LogP contribution is -2.49. The van der Waals surface area contributed by atoms with Crippen LogP contribution >= 0.6 is 27.7 Å². The first-order valence-corrected chi connectivity index (χ1v) is 7.57. The number of carbonyl (C=O) groups excluding carboxylic acids is 1. The van der Waals surface area contributed by atoms with Crippen LogP contribution in [0.3, 0.4) is 0 Å². The number of halogens is 1. The van der Waals surface area contributed by atoms with Crippen molar-refractivity contribution in [3.05, 3.63) is 28.6 Å². The number of aliphatic carboxylic acids is 1. The molecule has 2 heterocycles. The van der Waals surface area contributed by atoms with E-state index in [9.17, 15) is 9.59 Å². The number of hydrogen-bond acceptors (Lipinski definition) is 4. The third-order valence-corrected chi connectivity index (χ3v) is 4.13. The maximum absolute atomic E-state index is 12.0. The summed E-state index contributed by atoms with van der Waals surface area (Å²) in [5.41, 5.74) is 0. The molecule has 0 radical (unpaired) electrons. The Hall–Kier alpha value is -1.21. The van der Waals surface area contributed by atoms with Crippen molar-refractivity contribution in [2.45, 2.75) is 6.04 Å². The van der Waals surface area contributed by atoms with Crippen LogP contribution in [-0.2, 0) is 9.59 Å². The van der Waals surface area contributed by atoms with Crippen LogP contribution in [0.15, 0.2) is 27.3 Å². The number of amides is 1. The second-order valence-corrected chi connectivity index (χ2v) is 5.87. The van der Waals surface area contributed by atoms with Gasteiger partial charge in [0.1, 0.15) is 11.8 Å². The van der Waals surface area contributed by atoms with E-state index in [0.29, 0.717) is 22.7 Å². The highest BCUT2D eigenvalue weighted by molar-refractivity contribution is 9.10. The summed E-state index contributed by atoms with van der Waals surface area (Å²) in [5, 5.41) is 9.09. The quantitative estimate of drug-likeness (QED) is 0.849. The van der Waals surface area contributed by atoms with Gasteiger partial charge in [0.25, 0.3) is 0 Å². The molecule has 7 heteroatoms.